The molecule has 1 aromatic rings. The van der Waals surface area contributed by atoms with Crippen molar-refractivity contribution in [2.24, 2.45) is 4.99 Å². The summed E-state index contributed by atoms with van der Waals surface area (Å²) in [6, 6.07) is 7.87. The first kappa shape index (κ1) is 35.4. The molecule has 1 rings (SSSR count). The number of aliphatic imine (C=N–C) groups is 1. The second-order valence-electron chi connectivity index (χ2n) is 9.54. The molecule has 0 aliphatic carbocycles. The van der Waals surface area contributed by atoms with E-state index in [1.807, 2.05) is 24.3 Å². The van der Waals surface area contributed by atoms with Gasteiger partial charge in [-0.2, -0.15) is 8.42 Å². The van der Waals surface area contributed by atoms with Gasteiger partial charge in [-0.15, -0.1) is 0 Å². The molecule has 0 saturated heterocycles. The zero-order valence-corrected chi connectivity index (χ0v) is 25.9. The van der Waals surface area contributed by atoms with Gasteiger partial charge in [0.1, 0.15) is 11.9 Å². The molecule has 8 heteroatoms. The second kappa shape index (κ2) is 22.4. The van der Waals surface area contributed by atoms with Crippen LogP contribution in [-0.4, -0.2) is 37.3 Å². The van der Waals surface area contributed by atoms with Crippen LogP contribution in [0.5, 0.6) is 5.75 Å². The van der Waals surface area contributed by atoms with Crippen LogP contribution in [0.4, 0.5) is 0 Å². The van der Waals surface area contributed by atoms with Crippen molar-refractivity contribution in [2.45, 2.75) is 123 Å². The molecule has 0 spiro atoms. The average Bonchev–Trinajstić information content (AvgIpc) is 2.82. The van der Waals surface area contributed by atoms with Crippen LogP contribution in [-0.2, 0) is 16.5 Å². The first-order valence-electron chi connectivity index (χ1n) is 13.8. The number of aryl methyl sites for hydroxylation is 1. The molecule has 0 fully saturated rings. The van der Waals surface area contributed by atoms with Crippen molar-refractivity contribution >= 4 is 16.0 Å². The monoisotopic (exact) mass is 533 g/mol. The van der Waals surface area contributed by atoms with Gasteiger partial charge in [-0.3, -0.25) is 4.55 Å². The molecule has 6 nitrogen and oxygen atoms in total. The third-order valence-electron chi connectivity index (χ3n) is 6.23. The molecule has 0 saturated carbocycles. The normalized spacial score (nSPS) is 12.8. The van der Waals surface area contributed by atoms with E-state index in [1.54, 1.807) is 0 Å². The van der Waals surface area contributed by atoms with Crippen LogP contribution < -0.4 is 39.4 Å². The van der Waals surface area contributed by atoms with Crippen molar-refractivity contribution in [3.8, 4) is 5.75 Å². The Bertz CT molecular complexity index is 784. The van der Waals surface area contributed by atoms with Crippen LogP contribution in [0.3, 0.4) is 0 Å². The summed E-state index contributed by atoms with van der Waals surface area (Å²) in [5.74, 6) is -0.401. The van der Waals surface area contributed by atoms with E-state index in [0.717, 1.165) is 25.7 Å². The van der Waals surface area contributed by atoms with Gasteiger partial charge >= 0.3 is 29.6 Å². The zero-order chi connectivity index (χ0) is 25.8. The Morgan fingerprint density at radius 1 is 0.861 bits per heavy atom. The van der Waals surface area contributed by atoms with Crippen molar-refractivity contribution in [3.63, 3.8) is 0 Å². The summed E-state index contributed by atoms with van der Waals surface area (Å²) in [6.07, 6.45) is 17.8. The van der Waals surface area contributed by atoms with E-state index < -0.39 is 27.9 Å². The van der Waals surface area contributed by atoms with Gasteiger partial charge in [0.2, 0.25) is 0 Å². The largest absolute Gasteiger partial charge is 1.00 e. The number of hydrogen-bond acceptors (Lipinski definition) is 5. The van der Waals surface area contributed by atoms with Crippen molar-refractivity contribution in [3.05, 3.63) is 29.8 Å². The van der Waals surface area contributed by atoms with Crippen LogP contribution in [0, 0.1) is 0 Å². The van der Waals surface area contributed by atoms with Crippen LogP contribution in [0.1, 0.15) is 116 Å². The quantitative estimate of drug-likeness (QED) is 0.0808. The van der Waals surface area contributed by atoms with Gasteiger partial charge in [0.15, 0.2) is 0 Å². The summed E-state index contributed by atoms with van der Waals surface area (Å²) in [5.41, 5.74) is 1.25. The third-order valence-corrected chi connectivity index (χ3v) is 6.93. The van der Waals surface area contributed by atoms with Gasteiger partial charge in [0.25, 0.3) is 10.1 Å². The van der Waals surface area contributed by atoms with Crippen molar-refractivity contribution in [1.82, 2.24) is 0 Å². The zero-order valence-electron chi connectivity index (χ0n) is 23.1. The number of ether oxygens (including phenoxy) is 1. The molecule has 0 radical (unpaired) electrons. The average molecular weight is 534 g/mol. The van der Waals surface area contributed by atoms with E-state index in [4.69, 9.17) is 9.29 Å². The summed E-state index contributed by atoms with van der Waals surface area (Å²) >= 11 is 0. The van der Waals surface area contributed by atoms with Crippen LogP contribution in [0.15, 0.2) is 29.3 Å². The Hall–Kier alpha value is -0.600. The van der Waals surface area contributed by atoms with Crippen molar-refractivity contribution < 1.29 is 52.4 Å². The fourth-order valence-electron chi connectivity index (χ4n) is 4.08. The molecule has 36 heavy (non-hydrogen) atoms. The fourth-order valence-corrected chi connectivity index (χ4v) is 4.40. The second-order valence-corrected chi connectivity index (χ2v) is 11.1. The van der Waals surface area contributed by atoms with E-state index >= 15 is 0 Å². The summed E-state index contributed by atoms with van der Waals surface area (Å²) in [7, 11) is -4.14. The summed E-state index contributed by atoms with van der Waals surface area (Å²) < 4.78 is 36.8. The minimum atomic E-state index is -4.14. The van der Waals surface area contributed by atoms with Crippen LogP contribution in [0.2, 0.25) is 0 Å². The van der Waals surface area contributed by atoms with Crippen molar-refractivity contribution in [1.29, 1.82) is 0 Å². The Morgan fingerprint density at radius 3 is 1.89 bits per heavy atom. The topological polar surface area (TPSA) is 99.0 Å². The van der Waals surface area contributed by atoms with Gasteiger partial charge in [0.05, 0.1) is 12.3 Å². The summed E-state index contributed by atoms with van der Waals surface area (Å²) in [5, 5.41) is 12.6. The first-order valence-corrected chi connectivity index (χ1v) is 15.4. The predicted molar refractivity (Wildman–Crippen MR) is 144 cm³/mol. The van der Waals surface area contributed by atoms with E-state index in [2.05, 4.69) is 18.8 Å². The Morgan fingerprint density at radius 2 is 1.36 bits per heavy atom. The number of nitrogens with zero attached hydrogens (tertiary/aromatic N) is 1. The molecule has 1 unspecified atom stereocenters. The third kappa shape index (κ3) is 19.5. The van der Waals surface area contributed by atoms with Crippen LogP contribution >= 0.6 is 0 Å². The Balaban J connectivity index is 0.0000122. The van der Waals surface area contributed by atoms with Gasteiger partial charge in [0, 0.05) is 0 Å². The molecule has 1 N–H and O–H groups in total. The maximum atomic E-state index is 12.6. The molecule has 1 aromatic carbocycles. The van der Waals surface area contributed by atoms with Crippen molar-refractivity contribution in [2.75, 3.05) is 12.3 Å². The smallest absolute Gasteiger partial charge is 0.859 e. The molecule has 0 bridgehead atoms. The van der Waals surface area contributed by atoms with E-state index in [-0.39, 0.29) is 36.1 Å². The van der Waals surface area contributed by atoms with Gasteiger partial charge < -0.3 is 14.8 Å². The molecule has 0 aliphatic heterocycles. The number of hydrogen-bond donors (Lipinski definition) is 1. The minimum Gasteiger partial charge on any atom is -0.859 e. The van der Waals surface area contributed by atoms with E-state index in [9.17, 15) is 13.5 Å². The number of unbranched alkanes of at least 4 members (excludes halogenated alkanes) is 12. The maximum Gasteiger partial charge on any atom is 1.00 e. The fraction of sp³-hybridized carbons (Fsp3) is 0.750. The standard InChI is InChI=1S/C28H49NO5S.Na/c1-3-5-7-9-10-11-12-13-14-16-18-27(28(30)29-23-24-35(31,32)33)34-26-21-19-25(20-22-26)17-15-8-6-4-2;/h19-22,27H,3-18,23-24H2,1-2H3,(H,29,30)(H,31,32,33);/q;+1/p-1. The molecule has 0 aromatic heterocycles. The van der Waals surface area contributed by atoms with Gasteiger partial charge in [-0.05, 0) is 49.3 Å². The van der Waals surface area contributed by atoms with Crippen LogP contribution in [0.25, 0.3) is 0 Å². The number of rotatable bonds is 22. The molecule has 0 heterocycles. The SMILES string of the molecule is CCCCCCCCCCCCC(Oc1ccc(CCCCCC)cc1)C([O-])=NCCS(=O)(=O)O.[Na+]. The first-order chi connectivity index (χ1) is 16.9. The Labute approximate surface area is 242 Å². The summed E-state index contributed by atoms with van der Waals surface area (Å²) in [6.45, 7) is 4.18. The van der Waals surface area contributed by atoms with Gasteiger partial charge in [-0.25, -0.2) is 0 Å². The molecule has 0 aliphatic rings. The minimum absolute atomic E-state index is 0. The molecule has 1 atom stereocenters. The predicted octanol–water partition coefficient (Wildman–Crippen LogP) is 3.52. The maximum absolute atomic E-state index is 12.6. The van der Waals surface area contributed by atoms with Gasteiger partial charge in [-0.1, -0.05) is 103 Å². The van der Waals surface area contributed by atoms with E-state index in [1.165, 1.54) is 76.2 Å². The molecule has 202 valence electrons. The molecule has 0 amide bonds. The number of benzene rings is 1. The Kier molecular flexibility index (Phi) is 22.0. The summed E-state index contributed by atoms with van der Waals surface area (Å²) in [4.78, 5) is 3.84. The molecular weight excluding hydrogens is 485 g/mol. The van der Waals surface area contributed by atoms with E-state index in [0.29, 0.717) is 12.2 Å². The molecular formula is C28H48NNaO5S.